The molecule has 1 aromatic carbocycles. The van der Waals surface area contributed by atoms with Crippen molar-refractivity contribution in [1.29, 1.82) is 0 Å². The van der Waals surface area contributed by atoms with Gasteiger partial charge in [0.1, 0.15) is 5.82 Å². The molecule has 1 amide bonds. The Morgan fingerprint density at radius 1 is 1.23 bits per heavy atom. The number of fused-ring (bicyclic) bond motifs is 2. The van der Waals surface area contributed by atoms with Crippen LogP contribution in [0.4, 0.5) is 4.39 Å². The molecule has 2 bridgehead atoms. The van der Waals surface area contributed by atoms with Crippen molar-refractivity contribution in [2.24, 2.45) is 23.7 Å². The maximum atomic E-state index is 14.3. The van der Waals surface area contributed by atoms with Crippen LogP contribution in [0.15, 0.2) is 29.4 Å². The summed E-state index contributed by atoms with van der Waals surface area (Å²) in [6, 6.07) is 6.83. The minimum absolute atomic E-state index is 0.0295. The number of nitrogens with one attached hydrogen (secondary N) is 1. The topological polar surface area (TPSA) is 59.8 Å². The average molecular weight is 431 g/mol. The molecule has 1 heterocycles. The molecule has 4 atom stereocenters. The van der Waals surface area contributed by atoms with Crippen molar-refractivity contribution in [3.8, 4) is 11.4 Å². The summed E-state index contributed by atoms with van der Waals surface area (Å²) in [5.41, 5.74) is 0.437. The summed E-state index contributed by atoms with van der Waals surface area (Å²) in [5.74, 6) is 3.15. The highest BCUT2D eigenvalue weighted by atomic mass is 32.2. The Hall–Kier alpha value is -1.89. The molecule has 4 rings (SSSR count). The molecule has 0 saturated heterocycles. The first-order chi connectivity index (χ1) is 14.4. The minimum Gasteiger partial charge on any atom is -0.353 e. The molecule has 2 fully saturated rings. The van der Waals surface area contributed by atoms with Crippen molar-refractivity contribution >= 4 is 17.7 Å². The molecule has 4 unspecified atom stereocenters. The highest BCUT2D eigenvalue weighted by molar-refractivity contribution is 7.99. The molecule has 2 aliphatic rings. The lowest BCUT2D eigenvalue weighted by molar-refractivity contribution is -0.119. The standard InChI is InChI=1S/C23H31FN4OS/c1-14(2)12-28-22(18-6-4-5-7-20(18)24)26-27-23(28)30-13-21(29)25-15(3)19-11-16-8-9-17(19)10-16/h4-7,14-17,19H,8-13H2,1-3H3,(H,25,29). The van der Waals surface area contributed by atoms with Crippen molar-refractivity contribution in [1.82, 2.24) is 20.1 Å². The number of carbonyl (C=O) groups excluding carboxylic acids is 1. The van der Waals surface area contributed by atoms with E-state index in [4.69, 9.17) is 0 Å². The summed E-state index contributed by atoms with van der Waals surface area (Å²) in [7, 11) is 0. The van der Waals surface area contributed by atoms with E-state index < -0.39 is 0 Å². The van der Waals surface area contributed by atoms with Crippen LogP contribution < -0.4 is 5.32 Å². The zero-order chi connectivity index (χ0) is 21.3. The van der Waals surface area contributed by atoms with Gasteiger partial charge in [0, 0.05) is 12.6 Å². The third-order valence-corrected chi connectivity index (χ3v) is 7.50. The molecular weight excluding hydrogens is 399 g/mol. The largest absolute Gasteiger partial charge is 0.353 e. The summed E-state index contributed by atoms with van der Waals surface area (Å²) in [6.07, 6.45) is 5.29. The zero-order valence-corrected chi connectivity index (χ0v) is 18.8. The Morgan fingerprint density at radius 2 is 2.03 bits per heavy atom. The third-order valence-electron chi connectivity index (χ3n) is 6.54. The normalized spacial score (nSPS) is 23.8. The number of rotatable bonds is 8. The van der Waals surface area contributed by atoms with Crippen LogP contribution in [-0.4, -0.2) is 32.5 Å². The van der Waals surface area contributed by atoms with Gasteiger partial charge in [-0.05, 0) is 62.0 Å². The van der Waals surface area contributed by atoms with Crippen LogP contribution in [0.1, 0.15) is 46.5 Å². The summed E-state index contributed by atoms with van der Waals surface area (Å²) in [5, 5.41) is 12.4. The van der Waals surface area contributed by atoms with Crippen LogP contribution in [0.2, 0.25) is 0 Å². The van der Waals surface area contributed by atoms with Crippen LogP contribution in [-0.2, 0) is 11.3 Å². The molecule has 2 aromatic rings. The molecule has 0 spiro atoms. The van der Waals surface area contributed by atoms with Crippen molar-refractivity contribution in [2.45, 2.75) is 64.2 Å². The van der Waals surface area contributed by atoms with Gasteiger partial charge in [-0.3, -0.25) is 4.79 Å². The van der Waals surface area contributed by atoms with Crippen molar-refractivity contribution in [2.75, 3.05) is 5.75 Å². The van der Waals surface area contributed by atoms with Gasteiger partial charge in [-0.2, -0.15) is 0 Å². The van der Waals surface area contributed by atoms with Crippen LogP contribution in [0, 0.1) is 29.5 Å². The number of nitrogens with zero attached hydrogens (tertiary/aromatic N) is 3. The van der Waals surface area contributed by atoms with Crippen molar-refractivity contribution in [3.63, 3.8) is 0 Å². The fourth-order valence-corrected chi connectivity index (χ4v) is 5.96. The van der Waals surface area contributed by atoms with Gasteiger partial charge < -0.3 is 9.88 Å². The van der Waals surface area contributed by atoms with E-state index in [1.807, 2.05) is 4.57 Å². The lowest BCUT2D eigenvalue weighted by Gasteiger charge is -2.28. The van der Waals surface area contributed by atoms with Gasteiger partial charge in [-0.25, -0.2) is 4.39 Å². The third kappa shape index (κ3) is 4.56. The molecule has 30 heavy (non-hydrogen) atoms. The molecule has 7 heteroatoms. The molecule has 2 saturated carbocycles. The first kappa shape index (κ1) is 21.3. The number of carbonyl (C=O) groups is 1. The molecule has 1 N–H and O–H groups in total. The smallest absolute Gasteiger partial charge is 0.230 e. The van der Waals surface area contributed by atoms with E-state index in [2.05, 4.69) is 36.3 Å². The zero-order valence-electron chi connectivity index (χ0n) is 18.0. The first-order valence-electron chi connectivity index (χ1n) is 11.0. The average Bonchev–Trinajstić information content (AvgIpc) is 3.43. The predicted octanol–water partition coefficient (Wildman–Crippen LogP) is 4.77. The van der Waals surface area contributed by atoms with E-state index in [1.54, 1.807) is 18.2 Å². The second kappa shape index (κ2) is 9.08. The highest BCUT2D eigenvalue weighted by Crippen LogP contribution is 2.49. The van der Waals surface area contributed by atoms with E-state index in [-0.39, 0.29) is 17.8 Å². The Kier molecular flexibility index (Phi) is 6.46. The predicted molar refractivity (Wildman–Crippen MR) is 118 cm³/mol. The van der Waals surface area contributed by atoms with Gasteiger partial charge in [0.2, 0.25) is 5.91 Å². The van der Waals surface area contributed by atoms with Crippen molar-refractivity contribution < 1.29 is 9.18 Å². The molecule has 0 aliphatic heterocycles. The SMILES string of the molecule is CC(C)Cn1c(SCC(=O)NC(C)C2CC3CCC2C3)nnc1-c1ccccc1F. The summed E-state index contributed by atoms with van der Waals surface area (Å²) in [4.78, 5) is 12.6. The van der Waals surface area contributed by atoms with Gasteiger partial charge in [-0.15, -0.1) is 10.2 Å². The summed E-state index contributed by atoms with van der Waals surface area (Å²) >= 11 is 1.37. The maximum absolute atomic E-state index is 14.3. The fraction of sp³-hybridized carbons (Fsp3) is 0.609. The monoisotopic (exact) mass is 430 g/mol. The van der Waals surface area contributed by atoms with Crippen LogP contribution in [0.5, 0.6) is 0 Å². The molecule has 2 aliphatic carbocycles. The second-order valence-corrected chi connectivity index (χ2v) is 10.2. The van der Waals surface area contributed by atoms with Gasteiger partial charge in [0.25, 0.3) is 0 Å². The Balaban J connectivity index is 1.41. The highest BCUT2D eigenvalue weighted by Gasteiger charge is 2.42. The van der Waals surface area contributed by atoms with E-state index in [0.29, 0.717) is 40.7 Å². The van der Waals surface area contributed by atoms with Crippen LogP contribution >= 0.6 is 11.8 Å². The van der Waals surface area contributed by atoms with Gasteiger partial charge >= 0.3 is 0 Å². The van der Waals surface area contributed by atoms with E-state index >= 15 is 0 Å². The number of hydrogen-bond donors (Lipinski definition) is 1. The Labute approximate surface area is 182 Å². The minimum atomic E-state index is -0.316. The number of halogens is 1. The van der Waals surface area contributed by atoms with Gasteiger partial charge in [0.15, 0.2) is 11.0 Å². The molecular formula is C23H31FN4OS. The van der Waals surface area contributed by atoms with Crippen molar-refractivity contribution in [3.05, 3.63) is 30.1 Å². The molecule has 1 aromatic heterocycles. The fourth-order valence-electron chi connectivity index (χ4n) is 5.21. The summed E-state index contributed by atoms with van der Waals surface area (Å²) in [6.45, 7) is 7.01. The first-order valence-corrected chi connectivity index (χ1v) is 12.0. The lowest BCUT2D eigenvalue weighted by atomic mass is 9.84. The maximum Gasteiger partial charge on any atom is 0.230 e. The number of amides is 1. The lowest BCUT2D eigenvalue weighted by Crippen LogP contribution is -2.40. The van der Waals surface area contributed by atoms with Gasteiger partial charge in [0.05, 0.1) is 11.3 Å². The molecule has 0 radical (unpaired) electrons. The summed E-state index contributed by atoms with van der Waals surface area (Å²) < 4.78 is 16.3. The molecule has 162 valence electrons. The number of aromatic nitrogens is 3. The molecule has 5 nitrogen and oxygen atoms in total. The number of thioether (sulfide) groups is 1. The van der Waals surface area contributed by atoms with Gasteiger partial charge in [-0.1, -0.05) is 44.2 Å². The van der Waals surface area contributed by atoms with E-state index in [0.717, 1.165) is 11.8 Å². The van der Waals surface area contributed by atoms with E-state index in [9.17, 15) is 9.18 Å². The van der Waals surface area contributed by atoms with Crippen LogP contribution in [0.25, 0.3) is 11.4 Å². The second-order valence-electron chi connectivity index (χ2n) is 9.27. The van der Waals surface area contributed by atoms with E-state index in [1.165, 1.54) is 43.5 Å². The Bertz CT molecular complexity index is 899. The Morgan fingerprint density at radius 3 is 2.70 bits per heavy atom. The van der Waals surface area contributed by atoms with Crippen LogP contribution in [0.3, 0.4) is 0 Å². The number of hydrogen-bond acceptors (Lipinski definition) is 4. The number of benzene rings is 1. The quantitative estimate of drug-likeness (QED) is 0.613.